The minimum absolute atomic E-state index is 0.127. The summed E-state index contributed by atoms with van der Waals surface area (Å²) in [4.78, 5) is 3.69. The Labute approximate surface area is 95.1 Å². The lowest BCUT2D eigenvalue weighted by atomic mass is 10.3. The summed E-state index contributed by atoms with van der Waals surface area (Å²) in [6.07, 6.45) is -3.07. The van der Waals surface area contributed by atoms with Gasteiger partial charge in [-0.2, -0.15) is 13.2 Å². The molecule has 0 amide bonds. The van der Waals surface area contributed by atoms with Crippen molar-refractivity contribution in [3.63, 3.8) is 0 Å². The van der Waals surface area contributed by atoms with Crippen LogP contribution in [-0.4, -0.2) is 24.9 Å². The summed E-state index contributed by atoms with van der Waals surface area (Å²) < 4.78 is 45.1. The fourth-order valence-electron chi connectivity index (χ4n) is 0.950. The monoisotopic (exact) mass is 255 g/mol. The second-order valence-corrected chi connectivity index (χ2v) is 3.16. The first-order valence-electron chi connectivity index (χ1n) is 4.24. The molecule has 0 bridgehead atoms. The number of hydrogen-bond donors (Lipinski definition) is 0. The summed E-state index contributed by atoms with van der Waals surface area (Å²) in [5.74, 6) is 0.124. The molecular weight excluding hydrogens is 247 g/mol. The SMILES string of the molecule is COc1cc(CCl)cnc1OCC(F)(F)F. The molecule has 0 radical (unpaired) electrons. The summed E-state index contributed by atoms with van der Waals surface area (Å²) in [6, 6.07) is 1.48. The molecule has 16 heavy (non-hydrogen) atoms. The lowest BCUT2D eigenvalue weighted by Gasteiger charge is -2.11. The lowest BCUT2D eigenvalue weighted by Crippen LogP contribution is -2.20. The third-order valence-electron chi connectivity index (χ3n) is 1.62. The Hall–Kier alpha value is -1.17. The van der Waals surface area contributed by atoms with Gasteiger partial charge in [0.15, 0.2) is 12.4 Å². The standard InChI is InChI=1S/C9H9ClF3NO2/c1-15-7-2-6(3-10)4-14-8(7)16-5-9(11,12)13/h2,4H,3,5H2,1H3. The molecule has 1 heterocycles. The van der Waals surface area contributed by atoms with Crippen LogP contribution >= 0.6 is 11.6 Å². The molecule has 0 aliphatic rings. The molecule has 0 aliphatic heterocycles. The maximum Gasteiger partial charge on any atom is 0.422 e. The van der Waals surface area contributed by atoms with Crippen LogP contribution in [0.15, 0.2) is 12.3 Å². The largest absolute Gasteiger partial charge is 0.491 e. The number of rotatable bonds is 4. The third kappa shape index (κ3) is 3.77. The summed E-state index contributed by atoms with van der Waals surface area (Å²) in [5.41, 5.74) is 0.637. The zero-order valence-corrected chi connectivity index (χ0v) is 9.10. The predicted octanol–water partition coefficient (Wildman–Crippen LogP) is 2.77. The van der Waals surface area contributed by atoms with E-state index in [1.807, 2.05) is 0 Å². The molecule has 90 valence electrons. The number of methoxy groups -OCH3 is 1. The molecule has 0 saturated carbocycles. The van der Waals surface area contributed by atoms with Crippen LogP contribution in [-0.2, 0) is 5.88 Å². The number of hydrogen-bond acceptors (Lipinski definition) is 3. The van der Waals surface area contributed by atoms with Crippen molar-refractivity contribution in [3.8, 4) is 11.6 Å². The van der Waals surface area contributed by atoms with Crippen molar-refractivity contribution in [2.45, 2.75) is 12.1 Å². The van der Waals surface area contributed by atoms with Crippen molar-refractivity contribution in [2.24, 2.45) is 0 Å². The number of aromatic nitrogens is 1. The Balaban J connectivity index is 2.79. The molecule has 0 spiro atoms. The number of pyridine rings is 1. The van der Waals surface area contributed by atoms with Gasteiger partial charge < -0.3 is 9.47 Å². The maximum atomic E-state index is 11.9. The fraction of sp³-hybridized carbons (Fsp3) is 0.444. The fourth-order valence-corrected chi connectivity index (χ4v) is 1.10. The quantitative estimate of drug-likeness (QED) is 0.776. The van der Waals surface area contributed by atoms with Gasteiger partial charge in [0.2, 0.25) is 0 Å². The van der Waals surface area contributed by atoms with Gasteiger partial charge in [-0.1, -0.05) is 0 Å². The van der Waals surface area contributed by atoms with E-state index >= 15 is 0 Å². The van der Waals surface area contributed by atoms with Crippen LogP contribution in [0.5, 0.6) is 11.6 Å². The number of halogens is 4. The first kappa shape index (κ1) is 12.9. The molecule has 1 aromatic rings. The van der Waals surface area contributed by atoms with Gasteiger partial charge in [0, 0.05) is 12.1 Å². The smallest absolute Gasteiger partial charge is 0.422 e. The van der Waals surface area contributed by atoms with E-state index in [0.29, 0.717) is 5.56 Å². The Morgan fingerprint density at radius 2 is 2.12 bits per heavy atom. The Kier molecular flexibility index (Phi) is 4.23. The zero-order valence-electron chi connectivity index (χ0n) is 8.34. The average molecular weight is 256 g/mol. The molecule has 0 saturated heterocycles. The van der Waals surface area contributed by atoms with Crippen LogP contribution in [0.4, 0.5) is 13.2 Å². The van der Waals surface area contributed by atoms with E-state index in [1.54, 1.807) is 0 Å². The van der Waals surface area contributed by atoms with Crippen molar-refractivity contribution in [2.75, 3.05) is 13.7 Å². The molecule has 7 heteroatoms. The van der Waals surface area contributed by atoms with Crippen LogP contribution in [0, 0.1) is 0 Å². The van der Waals surface area contributed by atoms with Gasteiger partial charge in [0.1, 0.15) is 0 Å². The highest BCUT2D eigenvalue weighted by Gasteiger charge is 2.29. The first-order chi connectivity index (χ1) is 7.46. The van der Waals surface area contributed by atoms with Crippen molar-refractivity contribution in [1.82, 2.24) is 4.98 Å². The minimum atomic E-state index is -4.40. The van der Waals surface area contributed by atoms with Crippen LogP contribution in [0.2, 0.25) is 0 Å². The Bertz CT molecular complexity index is 357. The minimum Gasteiger partial charge on any atom is -0.491 e. The second-order valence-electron chi connectivity index (χ2n) is 2.89. The van der Waals surface area contributed by atoms with Gasteiger partial charge in [-0.05, 0) is 11.6 Å². The van der Waals surface area contributed by atoms with Gasteiger partial charge in [-0.3, -0.25) is 0 Å². The number of ether oxygens (including phenoxy) is 2. The molecule has 3 nitrogen and oxygen atoms in total. The van der Waals surface area contributed by atoms with Gasteiger partial charge in [-0.15, -0.1) is 11.6 Å². The van der Waals surface area contributed by atoms with Crippen LogP contribution < -0.4 is 9.47 Å². The molecule has 0 fully saturated rings. The molecule has 0 unspecified atom stereocenters. The van der Waals surface area contributed by atoms with E-state index in [9.17, 15) is 13.2 Å². The van der Waals surface area contributed by atoms with Crippen molar-refractivity contribution in [1.29, 1.82) is 0 Å². The Morgan fingerprint density at radius 1 is 1.44 bits per heavy atom. The summed E-state index contributed by atoms with van der Waals surface area (Å²) in [7, 11) is 1.31. The van der Waals surface area contributed by atoms with E-state index in [0.717, 1.165) is 0 Å². The molecule has 1 aromatic heterocycles. The van der Waals surface area contributed by atoms with Crippen LogP contribution in [0.25, 0.3) is 0 Å². The summed E-state index contributed by atoms with van der Waals surface area (Å²) in [6.45, 7) is -1.41. The van der Waals surface area contributed by atoms with E-state index < -0.39 is 12.8 Å². The first-order valence-corrected chi connectivity index (χ1v) is 4.78. The predicted molar refractivity (Wildman–Crippen MR) is 51.9 cm³/mol. The van der Waals surface area contributed by atoms with E-state index in [-0.39, 0.29) is 17.5 Å². The second kappa shape index (κ2) is 5.25. The van der Waals surface area contributed by atoms with E-state index in [2.05, 4.69) is 9.72 Å². The van der Waals surface area contributed by atoms with Crippen LogP contribution in [0.1, 0.15) is 5.56 Å². The van der Waals surface area contributed by atoms with Crippen LogP contribution in [0.3, 0.4) is 0 Å². The van der Waals surface area contributed by atoms with Crippen molar-refractivity contribution in [3.05, 3.63) is 17.8 Å². The van der Waals surface area contributed by atoms with E-state index in [4.69, 9.17) is 16.3 Å². The molecular formula is C9H9ClF3NO2. The molecule has 0 aliphatic carbocycles. The average Bonchev–Trinajstić information content (AvgIpc) is 2.25. The maximum absolute atomic E-state index is 11.9. The molecule has 0 aromatic carbocycles. The van der Waals surface area contributed by atoms with Gasteiger partial charge in [0.25, 0.3) is 5.88 Å². The van der Waals surface area contributed by atoms with Gasteiger partial charge in [-0.25, -0.2) is 4.98 Å². The topological polar surface area (TPSA) is 31.4 Å². The number of nitrogens with zero attached hydrogens (tertiary/aromatic N) is 1. The lowest BCUT2D eigenvalue weighted by molar-refractivity contribution is -0.154. The highest BCUT2D eigenvalue weighted by atomic mass is 35.5. The Morgan fingerprint density at radius 3 is 2.62 bits per heavy atom. The molecule has 0 N–H and O–H groups in total. The highest BCUT2D eigenvalue weighted by molar-refractivity contribution is 6.17. The van der Waals surface area contributed by atoms with E-state index in [1.165, 1.54) is 19.4 Å². The normalized spacial score (nSPS) is 11.3. The molecule has 1 rings (SSSR count). The third-order valence-corrected chi connectivity index (χ3v) is 1.93. The van der Waals surface area contributed by atoms with Crippen molar-refractivity contribution >= 4 is 11.6 Å². The zero-order chi connectivity index (χ0) is 12.2. The van der Waals surface area contributed by atoms with Gasteiger partial charge >= 0.3 is 6.18 Å². The summed E-state index contributed by atoms with van der Waals surface area (Å²) >= 11 is 5.54. The highest BCUT2D eigenvalue weighted by Crippen LogP contribution is 2.27. The van der Waals surface area contributed by atoms with Crippen molar-refractivity contribution < 1.29 is 22.6 Å². The molecule has 0 atom stereocenters. The summed E-state index contributed by atoms with van der Waals surface area (Å²) in [5, 5.41) is 0. The number of alkyl halides is 4. The van der Waals surface area contributed by atoms with Gasteiger partial charge in [0.05, 0.1) is 7.11 Å².